The minimum absolute atomic E-state index is 0.0879. The molecule has 0 aromatic heterocycles. The molecule has 1 aliphatic rings. The van der Waals surface area contributed by atoms with Gasteiger partial charge in [0.1, 0.15) is 0 Å². The quantitative estimate of drug-likeness (QED) is 0.460. The summed E-state index contributed by atoms with van der Waals surface area (Å²) < 4.78 is 37.6. The fourth-order valence-corrected chi connectivity index (χ4v) is 5.61. The fourth-order valence-electron chi connectivity index (χ4n) is 3.12. The van der Waals surface area contributed by atoms with Gasteiger partial charge < -0.3 is 14.8 Å². The average Bonchev–Trinajstić information content (AvgIpc) is 2.79. The number of amides is 1. The Morgan fingerprint density at radius 1 is 1.09 bits per heavy atom. The second kappa shape index (κ2) is 11.0. The van der Waals surface area contributed by atoms with E-state index >= 15 is 0 Å². The minimum atomic E-state index is -3.70. The molecule has 1 fully saturated rings. The summed E-state index contributed by atoms with van der Waals surface area (Å²) in [5.41, 5.74) is 1.96. The number of sulfonamides is 1. The molecule has 172 valence electrons. The molecule has 0 atom stereocenters. The van der Waals surface area contributed by atoms with Gasteiger partial charge in [-0.2, -0.15) is 4.31 Å². The van der Waals surface area contributed by atoms with Crippen molar-refractivity contribution in [1.29, 1.82) is 0 Å². The van der Waals surface area contributed by atoms with Gasteiger partial charge in [0, 0.05) is 23.7 Å². The minimum Gasteiger partial charge on any atom is -0.455 e. The molecule has 1 amide bonds. The standard InChI is InChI=1S/C22H26N2O6S2/c1-16-5-3-4-6-19(16)31-15-22(26)30-14-21(25)23-18-8-7-17(2)20(13-18)32(27,28)24-9-11-29-12-10-24/h3-8,13H,9-12,14-15H2,1-2H3,(H,23,25). The molecule has 0 bridgehead atoms. The molecule has 1 saturated heterocycles. The number of nitrogens with one attached hydrogen (secondary N) is 1. The number of morpholine rings is 1. The van der Waals surface area contributed by atoms with E-state index in [1.165, 1.54) is 22.1 Å². The number of anilines is 1. The number of aryl methyl sites for hydroxylation is 2. The summed E-state index contributed by atoms with van der Waals surface area (Å²) in [6, 6.07) is 12.4. The van der Waals surface area contributed by atoms with E-state index < -0.39 is 28.5 Å². The van der Waals surface area contributed by atoms with Gasteiger partial charge in [-0.1, -0.05) is 24.3 Å². The van der Waals surface area contributed by atoms with Gasteiger partial charge in [0.2, 0.25) is 10.0 Å². The van der Waals surface area contributed by atoms with Crippen LogP contribution in [0.2, 0.25) is 0 Å². The largest absolute Gasteiger partial charge is 0.455 e. The highest BCUT2D eigenvalue weighted by Gasteiger charge is 2.28. The molecular weight excluding hydrogens is 452 g/mol. The zero-order valence-electron chi connectivity index (χ0n) is 18.0. The average molecular weight is 479 g/mol. The van der Waals surface area contributed by atoms with Gasteiger partial charge >= 0.3 is 5.97 Å². The lowest BCUT2D eigenvalue weighted by molar-refractivity contribution is -0.144. The van der Waals surface area contributed by atoms with Crippen LogP contribution in [0.1, 0.15) is 11.1 Å². The summed E-state index contributed by atoms with van der Waals surface area (Å²) in [6.45, 7) is 4.48. The van der Waals surface area contributed by atoms with E-state index in [9.17, 15) is 18.0 Å². The Morgan fingerprint density at radius 3 is 2.53 bits per heavy atom. The summed E-state index contributed by atoms with van der Waals surface area (Å²) in [6.07, 6.45) is 0. The van der Waals surface area contributed by atoms with E-state index in [1.807, 2.05) is 31.2 Å². The van der Waals surface area contributed by atoms with Crippen molar-refractivity contribution in [1.82, 2.24) is 4.31 Å². The van der Waals surface area contributed by atoms with Gasteiger partial charge in [-0.3, -0.25) is 9.59 Å². The van der Waals surface area contributed by atoms with Crippen LogP contribution in [0.5, 0.6) is 0 Å². The molecule has 2 aromatic rings. The first-order chi connectivity index (χ1) is 15.3. The number of rotatable bonds is 8. The van der Waals surface area contributed by atoms with E-state index in [1.54, 1.807) is 19.1 Å². The van der Waals surface area contributed by atoms with Crippen LogP contribution in [-0.2, 0) is 29.1 Å². The van der Waals surface area contributed by atoms with Crippen molar-refractivity contribution in [2.75, 3.05) is 44.0 Å². The maximum atomic E-state index is 13.0. The SMILES string of the molecule is Cc1ccccc1SCC(=O)OCC(=O)Nc1ccc(C)c(S(=O)(=O)N2CCOCC2)c1. The molecule has 10 heteroatoms. The van der Waals surface area contributed by atoms with Gasteiger partial charge in [0.05, 0.1) is 23.9 Å². The Bertz CT molecular complexity index is 1080. The Kier molecular flexibility index (Phi) is 8.30. The van der Waals surface area contributed by atoms with E-state index in [4.69, 9.17) is 9.47 Å². The first-order valence-electron chi connectivity index (χ1n) is 10.1. The first kappa shape index (κ1) is 24.2. The summed E-state index contributed by atoms with van der Waals surface area (Å²) in [5.74, 6) is -0.962. The Balaban J connectivity index is 1.55. The third kappa shape index (κ3) is 6.32. The van der Waals surface area contributed by atoms with Crippen LogP contribution in [0.4, 0.5) is 5.69 Å². The number of esters is 1. The molecule has 1 heterocycles. The lowest BCUT2D eigenvalue weighted by Crippen LogP contribution is -2.40. The lowest BCUT2D eigenvalue weighted by atomic mass is 10.2. The van der Waals surface area contributed by atoms with E-state index in [2.05, 4.69) is 5.32 Å². The van der Waals surface area contributed by atoms with Crippen LogP contribution in [0.25, 0.3) is 0 Å². The molecule has 32 heavy (non-hydrogen) atoms. The number of benzene rings is 2. The van der Waals surface area contributed by atoms with Gasteiger partial charge in [-0.15, -0.1) is 11.8 Å². The highest BCUT2D eigenvalue weighted by molar-refractivity contribution is 8.00. The topological polar surface area (TPSA) is 102 Å². The van der Waals surface area contributed by atoms with E-state index in [-0.39, 0.29) is 23.7 Å². The van der Waals surface area contributed by atoms with Crippen molar-refractivity contribution in [2.24, 2.45) is 0 Å². The van der Waals surface area contributed by atoms with Gasteiger partial charge in [0.25, 0.3) is 5.91 Å². The molecular formula is C22H26N2O6S2. The van der Waals surface area contributed by atoms with Crippen LogP contribution in [0.3, 0.4) is 0 Å². The number of carbonyl (C=O) groups excluding carboxylic acids is 2. The normalized spacial score (nSPS) is 14.7. The van der Waals surface area contributed by atoms with Crippen LogP contribution in [0, 0.1) is 13.8 Å². The summed E-state index contributed by atoms with van der Waals surface area (Å²) in [4.78, 5) is 25.3. The third-order valence-electron chi connectivity index (χ3n) is 4.86. The fraction of sp³-hybridized carbons (Fsp3) is 0.364. The molecule has 8 nitrogen and oxygen atoms in total. The van der Waals surface area contributed by atoms with Crippen molar-refractivity contribution in [2.45, 2.75) is 23.6 Å². The van der Waals surface area contributed by atoms with Crippen molar-refractivity contribution >= 4 is 39.3 Å². The summed E-state index contributed by atoms with van der Waals surface area (Å²) >= 11 is 1.34. The number of hydrogen-bond acceptors (Lipinski definition) is 7. The number of ether oxygens (including phenoxy) is 2. The van der Waals surface area contributed by atoms with Crippen molar-refractivity contribution < 1.29 is 27.5 Å². The molecule has 3 rings (SSSR count). The Morgan fingerprint density at radius 2 is 1.81 bits per heavy atom. The maximum absolute atomic E-state index is 13.0. The van der Waals surface area contributed by atoms with Gasteiger partial charge in [-0.25, -0.2) is 8.42 Å². The van der Waals surface area contributed by atoms with Gasteiger partial charge in [0.15, 0.2) is 6.61 Å². The monoisotopic (exact) mass is 478 g/mol. The first-order valence-corrected chi connectivity index (χ1v) is 12.5. The highest BCUT2D eigenvalue weighted by Crippen LogP contribution is 2.25. The Labute approximate surface area is 192 Å². The van der Waals surface area contributed by atoms with E-state index in [0.717, 1.165) is 10.5 Å². The summed E-state index contributed by atoms with van der Waals surface area (Å²) in [7, 11) is -3.70. The molecule has 0 unspecified atom stereocenters. The number of hydrogen-bond donors (Lipinski definition) is 1. The third-order valence-corrected chi connectivity index (χ3v) is 8.05. The lowest BCUT2D eigenvalue weighted by Gasteiger charge is -2.26. The van der Waals surface area contributed by atoms with E-state index in [0.29, 0.717) is 24.5 Å². The maximum Gasteiger partial charge on any atom is 0.316 e. The predicted molar refractivity (Wildman–Crippen MR) is 122 cm³/mol. The number of nitrogens with zero attached hydrogens (tertiary/aromatic N) is 1. The van der Waals surface area contributed by atoms with Crippen molar-refractivity contribution in [3.05, 3.63) is 53.6 Å². The molecule has 1 aliphatic heterocycles. The molecule has 0 radical (unpaired) electrons. The number of carbonyl (C=O) groups is 2. The van der Waals surface area contributed by atoms with Crippen LogP contribution >= 0.6 is 11.8 Å². The van der Waals surface area contributed by atoms with Crippen LogP contribution < -0.4 is 5.32 Å². The van der Waals surface area contributed by atoms with Crippen LogP contribution in [0.15, 0.2) is 52.3 Å². The van der Waals surface area contributed by atoms with Crippen molar-refractivity contribution in [3.8, 4) is 0 Å². The molecule has 2 aromatic carbocycles. The molecule has 0 saturated carbocycles. The highest BCUT2D eigenvalue weighted by atomic mass is 32.2. The molecule has 0 aliphatic carbocycles. The smallest absolute Gasteiger partial charge is 0.316 e. The second-order valence-corrected chi connectivity index (χ2v) is 10.2. The zero-order valence-corrected chi connectivity index (χ0v) is 19.6. The Hall–Kier alpha value is -2.40. The summed E-state index contributed by atoms with van der Waals surface area (Å²) in [5, 5.41) is 2.59. The van der Waals surface area contributed by atoms with Gasteiger partial charge in [-0.05, 0) is 43.2 Å². The molecule has 0 spiro atoms. The van der Waals surface area contributed by atoms with Crippen LogP contribution in [-0.4, -0.2) is 63.3 Å². The van der Waals surface area contributed by atoms with Crippen molar-refractivity contribution in [3.63, 3.8) is 0 Å². The molecule has 1 N–H and O–H groups in total. The predicted octanol–water partition coefficient (Wildman–Crippen LogP) is 2.60. The second-order valence-electron chi connectivity index (χ2n) is 7.26. The zero-order chi connectivity index (χ0) is 23.1. The number of thioether (sulfide) groups is 1.